The first-order valence-corrected chi connectivity index (χ1v) is 8.82. The van der Waals surface area contributed by atoms with Gasteiger partial charge in [-0.2, -0.15) is 0 Å². The molecule has 1 heterocycles. The van der Waals surface area contributed by atoms with E-state index < -0.39 is 0 Å². The highest BCUT2D eigenvalue weighted by molar-refractivity contribution is 6.03. The number of nitrogens with zero attached hydrogens (tertiary/aromatic N) is 2. The number of aromatic nitrogens is 2. The van der Waals surface area contributed by atoms with E-state index in [0.29, 0.717) is 23.9 Å². The molecule has 3 N–H and O–H groups in total. The van der Waals surface area contributed by atoms with Gasteiger partial charge >= 0.3 is 0 Å². The molecule has 3 aromatic rings. The summed E-state index contributed by atoms with van der Waals surface area (Å²) in [6.07, 6.45) is 1.54. The van der Waals surface area contributed by atoms with Gasteiger partial charge in [0.1, 0.15) is 5.69 Å². The van der Waals surface area contributed by atoms with Crippen molar-refractivity contribution in [3.05, 3.63) is 77.6 Å². The van der Waals surface area contributed by atoms with Crippen molar-refractivity contribution < 1.29 is 9.59 Å². The molecule has 0 saturated heterocycles. The van der Waals surface area contributed by atoms with Crippen LogP contribution >= 0.6 is 0 Å². The second kappa shape index (κ2) is 8.77. The molecule has 0 saturated carbocycles. The summed E-state index contributed by atoms with van der Waals surface area (Å²) in [6, 6.07) is 16.4. The fourth-order valence-electron chi connectivity index (χ4n) is 2.59. The Kier molecular flexibility index (Phi) is 5.96. The van der Waals surface area contributed by atoms with Crippen LogP contribution in [0.1, 0.15) is 28.5 Å². The molecule has 0 fully saturated rings. The minimum absolute atomic E-state index is 0.150. The molecule has 0 bridgehead atoms. The quantitative estimate of drug-likeness (QED) is 0.612. The van der Waals surface area contributed by atoms with Crippen LogP contribution in [0.3, 0.4) is 0 Å². The summed E-state index contributed by atoms with van der Waals surface area (Å²) in [5.74, 6) is -0.103. The van der Waals surface area contributed by atoms with E-state index in [9.17, 15) is 9.59 Å². The lowest BCUT2D eigenvalue weighted by molar-refractivity contribution is -0.114. The number of benzene rings is 2. The van der Waals surface area contributed by atoms with Gasteiger partial charge in [0.25, 0.3) is 5.91 Å². The van der Waals surface area contributed by atoms with Gasteiger partial charge in [0.2, 0.25) is 11.9 Å². The average Bonchev–Trinajstić information content (AvgIpc) is 2.69. The van der Waals surface area contributed by atoms with Gasteiger partial charge in [0.15, 0.2) is 0 Å². The molecule has 0 atom stereocenters. The molecule has 0 radical (unpaired) electrons. The third kappa shape index (κ3) is 5.14. The molecular formula is C21H21N5O2. The molecule has 3 rings (SSSR count). The third-order valence-corrected chi connectivity index (χ3v) is 4.05. The van der Waals surface area contributed by atoms with Crippen LogP contribution in [0.5, 0.6) is 0 Å². The molecule has 0 aliphatic heterocycles. The summed E-state index contributed by atoms with van der Waals surface area (Å²) in [7, 11) is 0. The second-order valence-electron chi connectivity index (χ2n) is 6.26. The zero-order valence-corrected chi connectivity index (χ0v) is 15.7. The number of aryl methyl sites for hydroxylation is 1. The van der Waals surface area contributed by atoms with Crippen LogP contribution in [-0.2, 0) is 11.3 Å². The van der Waals surface area contributed by atoms with E-state index in [0.717, 1.165) is 5.56 Å². The van der Waals surface area contributed by atoms with Crippen molar-refractivity contribution >= 4 is 29.1 Å². The van der Waals surface area contributed by atoms with Crippen molar-refractivity contribution in [3.63, 3.8) is 0 Å². The van der Waals surface area contributed by atoms with Gasteiger partial charge in [-0.05, 0) is 48.4 Å². The summed E-state index contributed by atoms with van der Waals surface area (Å²) in [6.45, 7) is 4.05. The molecule has 1 aromatic heterocycles. The minimum Gasteiger partial charge on any atom is -0.350 e. The normalized spacial score (nSPS) is 10.2. The number of amides is 2. The number of rotatable bonds is 6. The van der Waals surface area contributed by atoms with Crippen LogP contribution < -0.4 is 16.0 Å². The monoisotopic (exact) mass is 375 g/mol. The average molecular weight is 375 g/mol. The Morgan fingerprint density at radius 3 is 2.29 bits per heavy atom. The van der Waals surface area contributed by atoms with Crippen molar-refractivity contribution in [3.8, 4) is 0 Å². The van der Waals surface area contributed by atoms with Crippen molar-refractivity contribution in [1.29, 1.82) is 0 Å². The Bertz CT molecular complexity index is 986. The molecule has 142 valence electrons. The zero-order chi connectivity index (χ0) is 19.9. The Morgan fingerprint density at radius 1 is 0.929 bits per heavy atom. The fraction of sp³-hybridized carbons (Fsp3) is 0.143. The fourth-order valence-corrected chi connectivity index (χ4v) is 2.59. The smallest absolute Gasteiger partial charge is 0.274 e. The highest BCUT2D eigenvalue weighted by atomic mass is 16.2. The van der Waals surface area contributed by atoms with E-state index in [2.05, 4.69) is 25.9 Å². The van der Waals surface area contributed by atoms with Crippen LogP contribution in [0.15, 0.2) is 60.8 Å². The van der Waals surface area contributed by atoms with E-state index in [4.69, 9.17) is 0 Å². The number of hydrogen-bond acceptors (Lipinski definition) is 5. The summed E-state index contributed by atoms with van der Waals surface area (Å²) in [5, 5.41) is 8.60. The van der Waals surface area contributed by atoms with Crippen molar-refractivity contribution in [2.45, 2.75) is 20.4 Å². The molecule has 28 heavy (non-hydrogen) atoms. The first kappa shape index (κ1) is 19.0. The van der Waals surface area contributed by atoms with Gasteiger partial charge in [-0.25, -0.2) is 9.97 Å². The molecule has 7 nitrogen and oxygen atoms in total. The topological polar surface area (TPSA) is 96.0 Å². The van der Waals surface area contributed by atoms with Crippen molar-refractivity contribution in [1.82, 2.24) is 9.97 Å². The van der Waals surface area contributed by atoms with Crippen molar-refractivity contribution in [2.75, 3.05) is 16.0 Å². The lowest BCUT2D eigenvalue weighted by atomic mass is 10.1. The third-order valence-electron chi connectivity index (χ3n) is 4.05. The molecule has 0 spiro atoms. The van der Waals surface area contributed by atoms with Gasteiger partial charge in [-0.15, -0.1) is 0 Å². The largest absolute Gasteiger partial charge is 0.350 e. The van der Waals surface area contributed by atoms with Crippen LogP contribution in [-0.4, -0.2) is 21.8 Å². The maximum absolute atomic E-state index is 12.5. The van der Waals surface area contributed by atoms with Gasteiger partial charge < -0.3 is 16.0 Å². The lowest BCUT2D eigenvalue weighted by Gasteiger charge is -2.09. The summed E-state index contributed by atoms with van der Waals surface area (Å²) < 4.78 is 0. The van der Waals surface area contributed by atoms with Crippen LogP contribution in [0.4, 0.5) is 17.3 Å². The van der Waals surface area contributed by atoms with E-state index in [1.165, 1.54) is 12.5 Å². The standard InChI is InChI=1S/C21H21N5O2/c1-14-5-3-4-6-16(14)13-23-21-22-12-11-19(26-21)20(28)25-18-9-7-17(8-10-18)24-15(2)27/h3-12H,13H2,1-2H3,(H,24,27)(H,25,28)(H,22,23,26). The molecule has 2 aromatic carbocycles. The lowest BCUT2D eigenvalue weighted by Crippen LogP contribution is -2.15. The van der Waals surface area contributed by atoms with Gasteiger partial charge in [0, 0.05) is 31.0 Å². The Balaban J connectivity index is 1.63. The number of carbonyl (C=O) groups excluding carboxylic acids is 2. The van der Waals surface area contributed by atoms with Crippen LogP contribution in [0, 0.1) is 6.92 Å². The van der Waals surface area contributed by atoms with E-state index in [-0.39, 0.29) is 17.5 Å². The first-order chi connectivity index (χ1) is 13.5. The van der Waals surface area contributed by atoms with E-state index in [1.54, 1.807) is 36.5 Å². The molecule has 2 amide bonds. The molecule has 0 unspecified atom stereocenters. The highest BCUT2D eigenvalue weighted by Gasteiger charge is 2.10. The molecular weight excluding hydrogens is 354 g/mol. The highest BCUT2D eigenvalue weighted by Crippen LogP contribution is 2.15. The van der Waals surface area contributed by atoms with E-state index >= 15 is 0 Å². The molecule has 0 aliphatic rings. The minimum atomic E-state index is -0.339. The van der Waals surface area contributed by atoms with Gasteiger partial charge in [-0.1, -0.05) is 24.3 Å². The summed E-state index contributed by atoms with van der Waals surface area (Å²) in [4.78, 5) is 32.0. The number of carbonyl (C=O) groups is 2. The Morgan fingerprint density at radius 2 is 1.61 bits per heavy atom. The van der Waals surface area contributed by atoms with Gasteiger partial charge in [0.05, 0.1) is 0 Å². The SMILES string of the molecule is CC(=O)Nc1ccc(NC(=O)c2ccnc(NCc3ccccc3C)n2)cc1. The first-order valence-electron chi connectivity index (χ1n) is 8.82. The summed E-state index contributed by atoms with van der Waals surface area (Å²) >= 11 is 0. The Hall–Kier alpha value is -3.74. The maximum Gasteiger partial charge on any atom is 0.274 e. The predicted molar refractivity (Wildman–Crippen MR) is 109 cm³/mol. The van der Waals surface area contributed by atoms with Crippen LogP contribution in [0.25, 0.3) is 0 Å². The maximum atomic E-state index is 12.5. The molecule has 7 heteroatoms. The number of nitrogens with one attached hydrogen (secondary N) is 3. The molecule has 0 aliphatic carbocycles. The van der Waals surface area contributed by atoms with Gasteiger partial charge in [-0.3, -0.25) is 9.59 Å². The predicted octanol–water partition coefficient (Wildman–Crippen LogP) is 3.61. The zero-order valence-electron chi connectivity index (χ0n) is 15.7. The summed E-state index contributed by atoms with van der Waals surface area (Å²) in [5.41, 5.74) is 3.84. The number of anilines is 3. The van der Waals surface area contributed by atoms with Crippen molar-refractivity contribution in [2.24, 2.45) is 0 Å². The number of hydrogen-bond donors (Lipinski definition) is 3. The Labute approximate surface area is 163 Å². The van der Waals surface area contributed by atoms with Crippen LogP contribution in [0.2, 0.25) is 0 Å². The van der Waals surface area contributed by atoms with E-state index in [1.807, 2.05) is 31.2 Å². The second-order valence-corrected chi connectivity index (χ2v) is 6.26.